The average Bonchev–Trinajstić information content (AvgIpc) is 2.41. The predicted octanol–water partition coefficient (Wildman–Crippen LogP) is 5.26. The summed E-state index contributed by atoms with van der Waals surface area (Å²) < 4.78 is 0. The molecule has 1 aliphatic rings. The van der Waals surface area contributed by atoms with Gasteiger partial charge in [0.1, 0.15) is 0 Å². The lowest BCUT2D eigenvalue weighted by Gasteiger charge is -2.26. The van der Waals surface area contributed by atoms with Gasteiger partial charge in [0.25, 0.3) is 0 Å². The van der Waals surface area contributed by atoms with Crippen molar-refractivity contribution in [2.45, 2.75) is 77.7 Å². The van der Waals surface area contributed by atoms with Crippen LogP contribution in [0.25, 0.3) is 0 Å². The summed E-state index contributed by atoms with van der Waals surface area (Å²) in [6.07, 6.45) is 6.73. The number of hydrogen-bond acceptors (Lipinski definition) is 2. The fourth-order valence-electron chi connectivity index (χ4n) is 3.22. The van der Waals surface area contributed by atoms with Gasteiger partial charge in [-0.05, 0) is 47.9 Å². The molecule has 3 N–H and O–H groups in total. The third kappa shape index (κ3) is 3.47. The summed E-state index contributed by atoms with van der Waals surface area (Å²) in [6, 6.07) is 5.17. The summed E-state index contributed by atoms with van der Waals surface area (Å²) >= 11 is 0. The molecule has 0 bridgehead atoms. The smallest absolute Gasteiger partial charge is 0.0385 e. The van der Waals surface area contributed by atoms with Gasteiger partial charge in [0.15, 0.2) is 0 Å². The first kappa shape index (κ1) is 15.2. The zero-order valence-electron chi connectivity index (χ0n) is 13.5. The highest BCUT2D eigenvalue weighted by Gasteiger charge is 2.17. The molecule has 1 aliphatic carbocycles. The molecule has 2 nitrogen and oxygen atoms in total. The Bertz CT molecular complexity index is 414. The summed E-state index contributed by atoms with van der Waals surface area (Å²) in [5.41, 5.74) is 11.2. The number of benzene rings is 1. The molecule has 0 atom stereocenters. The minimum absolute atomic E-state index is 0.473. The molecule has 1 aromatic carbocycles. The molecule has 0 aromatic heterocycles. The molecule has 20 heavy (non-hydrogen) atoms. The molecule has 0 spiro atoms. The van der Waals surface area contributed by atoms with Crippen LogP contribution in [0.2, 0.25) is 0 Å². The van der Waals surface area contributed by atoms with Crippen molar-refractivity contribution in [3.63, 3.8) is 0 Å². The summed E-state index contributed by atoms with van der Waals surface area (Å²) in [5.74, 6) is 0.946. The number of nitrogens with one attached hydrogen (secondary N) is 1. The lowest BCUT2D eigenvalue weighted by Crippen LogP contribution is -2.22. The molecule has 0 unspecified atom stereocenters. The van der Waals surface area contributed by atoms with Crippen LogP contribution in [-0.4, -0.2) is 6.04 Å². The van der Waals surface area contributed by atoms with E-state index in [1.807, 2.05) is 0 Å². The largest absolute Gasteiger partial charge is 0.398 e. The molecule has 112 valence electrons. The van der Waals surface area contributed by atoms with E-state index >= 15 is 0 Å². The summed E-state index contributed by atoms with van der Waals surface area (Å²) in [7, 11) is 0. The van der Waals surface area contributed by atoms with Crippen molar-refractivity contribution in [1.29, 1.82) is 0 Å². The fourth-order valence-corrected chi connectivity index (χ4v) is 3.22. The van der Waals surface area contributed by atoms with Gasteiger partial charge in [-0.3, -0.25) is 0 Å². The Morgan fingerprint density at radius 3 is 1.90 bits per heavy atom. The lowest BCUT2D eigenvalue weighted by atomic mass is 9.91. The van der Waals surface area contributed by atoms with Crippen LogP contribution in [0.3, 0.4) is 0 Å². The van der Waals surface area contributed by atoms with Gasteiger partial charge in [-0.25, -0.2) is 0 Å². The summed E-state index contributed by atoms with van der Waals surface area (Å²) in [6.45, 7) is 8.89. The van der Waals surface area contributed by atoms with Gasteiger partial charge < -0.3 is 11.1 Å². The van der Waals surface area contributed by atoms with E-state index in [0.717, 1.165) is 5.69 Å². The van der Waals surface area contributed by atoms with Gasteiger partial charge in [-0.15, -0.1) is 0 Å². The van der Waals surface area contributed by atoms with Crippen LogP contribution in [0, 0.1) is 0 Å². The van der Waals surface area contributed by atoms with Crippen LogP contribution < -0.4 is 11.1 Å². The third-order valence-corrected chi connectivity index (χ3v) is 4.46. The molecule has 2 heteroatoms. The number of rotatable bonds is 4. The van der Waals surface area contributed by atoms with Crippen LogP contribution in [0.4, 0.5) is 11.4 Å². The standard InChI is InChI=1S/C18H30N2/c1-12(2)16-10-15(11-17(13(3)4)18(16)19)20-14-8-6-5-7-9-14/h10-14,20H,5-9,19H2,1-4H3. The minimum atomic E-state index is 0.473. The normalized spacial score (nSPS) is 16.9. The van der Waals surface area contributed by atoms with E-state index in [0.29, 0.717) is 17.9 Å². The van der Waals surface area contributed by atoms with E-state index in [1.165, 1.54) is 48.9 Å². The van der Waals surface area contributed by atoms with Gasteiger partial charge in [0, 0.05) is 17.4 Å². The first-order valence-corrected chi connectivity index (χ1v) is 8.19. The van der Waals surface area contributed by atoms with Crippen molar-refractivity contribution in [3.8, 4) is 0 Å². The highest BCUT2D eigenvalue weighted by Crippen LogP contribution is 2.34. The molecule has 2 rings (SSSR count). The van der Waals surface area contributed by atoms with Crippen LogP contribution in [0.15, 0.2) is 12.1 Å². The van der Waals surface area contributed by atoms with Crippen molar-refractivity contribution in [2.24, 2.45) is 0 Å². The molecule has 0 saturated heterocycles. The van der Waals surface area contributed by atoms with Gasteiger partial charge in [-0.2, -0.15) is 0 Å². The van der Waals surface area contributed by atoms with Crippen LogP contribution >= 0.6 is 0 Å². The highest BCUT2D eigenvalue weighted by atomic mass is 14.9. The topological polar surface area (TPSA) is 38.0 Å². The Morgan fingerprint density at radius 2 is 1.45 bits per heavy atom. The summed E-state index contributed by atoms with van der Waals surface area (Å²) in [4.78, 5) is 0. The number of nitrogen functional groups attached to an aromatic ring is 1. The fraction of sp³-hybridized carbons (Fsp3) is 0.667. The van der Waals surface area contributed by atoms with E-state index < -0.39 is 0 Å². The molecule has 0 aliphatic heterocycles. The third-order valence-electron chi connectivity index (χ3n) is 4.46. The van der Waals surface area contributed by atoms with E-state index in [-0.39, 0.29) is 0 Å². The maximum Gasteiger partial charge on any atom is 0.0385 e. The van der Waals surface area contributed by atoms with E-state index in [1.54, 1.807) is 0 Å². The predicted molar refractivity (Wildman–Crippen MR) is 89.5 cm³/mol. The number of hydrogen-bond donors (Lipinski definition) is 2. The van der Waals surface area contributed by atoms with E-state index in [4.69, 9.17) is 5.73 Å². The molecule has 1 fully saturated rings. The highest BCUT2D eigenvalue weighted by molar-refractivity contribution is 5.64. The zero-order chi connectivity index (χ0) is 14.7. The zero-order valence-corrected chi connectivity index (χ0v) is 13.5. The van der Waals surface area contributed by atoms with Crippen LogP contribution in [-0.2, 0) is 0 Å². The maximum absolute atomic E-state index is 6.36. The molecular formula is C18H30N2. The molecular weight excluding hydrogens is 244 g/mol. The van der Waals surface area contributed by atoms with Gasteiger partial charge in [0.2, 0.25) is 0 Å². The first-order chi connectivity index (χ1) is 9.49. The Hall–Kier alpha value is -1.18. The Kier molecular flexibility index (Phi) is 4.95. The SMILES string of the molecule is CC(C)c1cc(NC2CCCCC2)cc(C(C)C)c1N. The van der Waals surface area contributed by atoms with Gasteiger partial charge in [0.05, 0.1) is 0 Å². The van der Waals surface area contributed by atoms with Gasteiger partial charge >= 0.3 is 0 Å². The van der Waals surface area contributed by atoms with Crippen molar-refractivity contribution >= 4 is 11.4 Å². The Morgan fingerprint density at radius 1 is 0.950 bits per heavy atom. The number of anilines is 2. The summed E-state index contributed by atoms with van der Waals surface area (Å²) in [5, 5.41) is 3.74. The van der Waals surface area contributed by atoms with E-state index in [9.17, 15) is 0 Å². The molecule has 1 saturated carbocycles. The first-order valence-electron chi connectivity index (χ1n) is 8.19. The Balaban J connectivity index is 2.27. The maximum atomic E-state index is 6.36. The van der Waals surface area contributed by atoms with Gasteiger partial charge in [-0.1, -0.05) is 47.0 Å². The Labute approximate surface area is 124 Å². The van der Waals surface area contributed by atoms with E-state index in [2.05, 4.69) is 45.1 Å². The average molecular weight is 274 g/mol. The number of nitrogens with two attached hydrogens (primary N) is 1. The molecule has 0 radical (unpaired) electrons. The monoisotopic (exact) mass is 274 g/mol. The van der Waals surface area contributed by atoms with Crippen molar-refractivity contribution in [3.05, 3.63) is 23.3 Å². The van der Waals surface area contributed by atoms with Crippen LogP contribution in [0.1, 0.15) is 82.8 Å². The van der Waals surface area contributed by atoms with Crippen molar-refractivity contribution in [1.82, 2.24) is 0 Å². The second-order valence-corrected chi connectivity index (χ2v) is 6.86. The molecule has 0 amide bonds. The second kappa shape index (κ2) is 6.51. The van der Waals surface area contributed by atoms with Crippen molar-refractivity contribution < 1.29 is 0 Å². The quantitative estimate of drug-likeness (QED) is 0.735. The second-order valence-electron chi connectivity index (χ2n) is 6.86. The van der Waals surface area contributed by atoms with Crippen molar-refractivity contribution in [2.75, 3.05) is 11.1 Å². The lowest BCUT2D eigenvalue weighted by molar-refractivity contribution is 0.462. The molecule has 1 aromatic rings. The molecule has 0 heterocycles. The van der Waals surface area contributed by atoms with Crippen LogP contribution in [0.5, 0.6) is 0 Å². The minimum Gasteiger partial charge on any atom is -0.398 e.